The normalized spacial score (nSPS) is 12.1. The number of nitrogens with zero attached hydrogens (tertiary/aromatic N) is 1. The van der Waals surface area contributed by atoms with E-state index in [0.717, 1.165) is 21.2 Å². The first kappa shape index (κ1) is 27.9. The van der Waals surface area contributed by atoms with Gasteiger partial charge in [0, 0.05) is 28.7 Å². The molecular formula is C29H32BrFN2O2S. The van der Waals surface area contributed by atoms with E-state index in [9.17, 15) is 14.0 Å². The summed E-state index contributed by atoms with van der Waals surface area (Å²) in [6, 6.07) is 23.1. The number of nitrogens with one attached hydrogen (secondary N) is 1. The molecule has 0 aliphatic carbocycles. The van der Waals surface area contributed by atoms with E-state index >= 15 is 0 Å². The van der Waals surface area contributed by atoms with Crippen LogP contribution in [0.5, 0.6) is 0 Å². The maximum Gasteiger partial charge on any atom is 0.243 e. The second kappa shape index (κ2) is 13.1. The van der Waals surface area contributed by atoms with Crippen LogP contribution in [0.3, 0.4) is 0 Å². The molecule has 0 aliphatic heterocycles. The fraction of sp³-hybridized carbons (Fsp3) is 0.310. The van der Waals surface area contributed by atoms with E-state index in [2.05, 4.69) is 21.2 Å². The van der Waals surface area contributed by atoms with Crippen LogP contribution in [0.4, 0.5) is 4.39 Å². The van der Waals surface area contributed by atoms with Crippen LogP contribution in [0.1, 0.15) is 37.5 Å². The summed E-state index contributed by atoms with van der Waals surface area (Å²) in [7, 11) is 0. The minimum atomic E-state index is -0.676. The van der Waals surface area contributed by atoms with E-state index < -0.39 is 11.6 Å². The Morgan fingerprint density at radius 2 is 1.61 bits per heavy atom. The van der Waals surface area contributed by atoms with Crippen LogP contribution >= 0.6 is 27.7 Å². The van der Waals surface area contributed by atoms with Crippen molar-refractivity contribution in [2.75, 3.05) is 5.75 Å². The second-order valence-electron chi connectivity index (χ2n) is 9.72. The largest absolute Gasteiger partial charge is 0.350 e. The molecule has 0 aliphatic rings. The molecule has 0 saturated carbocycles. The number of thioether (sulfide) groups is 1. The fourth-order valence-corrected chi connectivity index (χ4v) is 5.08. The van der Waals surface area contributed by atoms with Crippen LogP contribution in [0.25, 0.3) is 0 Å². The molecule has 36 heavy (non-hydrogen) atoms. The second-order valence-corrected chi connectivity index (χ2v) is 11.6. The van der Waals surface area contributed by atoms with Crippen LogP contribution < -0.4 is 5.32 Å². The van der Waals surface area contributed by atoms with Gasteiger partial charge in [0.15, 0.2) is 0 Å². The molecule has 0 spiro atoms. The van der Waals surface area contributed by atoms with E-state index in [-0.39, 0.29) is 23.4 Å². The molecule has 0 fully saturated rings. The molecule has 2 amide bonds. The smallest absolute Gasteiger partial charge is 0.243 e. The third kappa shape index (κ3) is 9.10. The summed E-state index contributed by atoms with van der Waals surface area (Å²) in [6.07, 6.45) is 0.408. The van der Waals surface area contributed by atoms with Crippen molar-refractivity contribution in [3.63, 3.8) is 0 Å². The number of carbonyl (C=O) groups excluding carboxylic acids is 2. The topological polar surface area (TPSA) is 49.4 Å². The standard InChI is InChI=1S/C29H32BrFN2O2S/c1-29(2,3)32-28(35)26(17-21-8-5-4-6-9-21)33(18-23-10-7-11-24(30)16-23)27(34)20-36-19-22-12-14-25(31)15-13-22/h4-16,26H,17-20H2,1-3H3,(H,32,35)/t26-/m0/s1. The Labute approximate surface area is 225 Å². The molecule has 190 valence electrons. The zero-order chi connectivity index (χ0) is 26.1. The van der Waals surface area contributed by atoms with Gasteiger partial charge >= 0.3 is 0 Å². The molecule has 3 aromatic rings. The van der Waals surface area contributed by atoms with Crippen molar-refractivity contribution < 1.29 is 14.0 Å². The van der Waals surface area contributed by atoms with Crippen molar-refractivity contribution >= 4 is 39.5 Å². The van der Waals surface area contributed by atoms with E-state index in [1.807, 2.05) is 75.4 Å². The Hall–Kier alpha value is -2.64. The Morgan fingerprint density at radius 1 is 0.944 bits per heavy atom. The first-order valence-electron chi connectivity index (χ1n) is 11.8. The van der Waals surface area contributed by atoms with Crippen LogP contribution in [-0.4, -0.2) is 34.0 Å². The third-order valence-electron chi connectivity index (χ3n) is 5.42. The number of hydrogen-bond acceptors (Lipinski definition) is 3. The van der Waals surface area contributed by atoms with Crippen molar-refractivity contribution in [1.82, 2.24) is 10.2 Å². The highest BCUT2D eigenvalue weighted by atomic mass is 79.9. The zero-order valence-electron chi connectivity index (χ0n) is 20.8. The molecule has 0 saturated heterocycles. The van der Waals surface area contributed by atoms with E-state index in [0.29, 0.717) is 18.7 Å². The summed E-state index contributed by atoms with van der Waals surface area (Å²) in [4.78, 5) is 28.9. The van der Waals surface area contributed by atoms with Gasteiger partial charge in [0.1, 0.15) is 11.9 Å². The van der Waals surface area contributed by atoms with Crippen LogP contribution in [0.2, 0.25) is 0 Å². The zero-order valence-corrected chi connectivity index (χ0v) is 23.2. The van der Waals surface area contributed by atoms with Gasteiger partial charge in [-0.2, -0.15) is 0 Å². The molecular weight excluding hydrogens is 539 g/mol. The van der Waals surface area contributed by atoms with Crippen LogP contribution in [-0.2, 0) is 28.3 Å². The van der Waals surface area contributed by atoms with Crippen molar-refractivity contribution in [1.29, 1.82) is 0 Å². The molecule has 3 aromatic carbocycles. The summed E-state index contributed by atoms with van der Waals surface area (Å²) in [5.41, 5.74) is 2.42. The van der Waals surface area contributed by atoms with E-state index in [1.165, 1.54) is 23.9 Å². The maximum absolute atomic E-state index is 13.6. The van der Waals surface area contributed by atoms with Crippen LogP contribution in [0, 0.1) is 5.82 Å². The Balaban J connectivity index is 1.86. The predicted octanol–water partition coefficient (Wildman–Crippen LogP) is 6.38. The van der Waals surface area contributed by atoms with Gasteiger partial charge in [0.05, 0.1) is 5.75 Å². The monoisotopic (exact) mass is 570 g/mol. The fourth-order valence-electron chi connectivity index (χ4n) is 3.76. The average molecular weight is 572 g/mol. The lowest BCUT2D eigenvalue weighted by atomic mass is 10.0. The minimum absolute atomic E-state index is 0.118. The van der Waals surface area contributed by atoms with Crippen molar-refractivity contribution in [2.45, 2.75) is 51.1 Å². The first-order valence-corrected chi connectivity index (χ1v) is 13.8. The van der Waals surface area contributed by atoms with E-state index in [4.69, 9.17) is 0 Å². The lowest BCUT2D eigenvalue weighted by molar-refractivity contribution is -0.140. The lowest BCUT2D eigenvalue weighted by Gasteiger charge is -2.34. The molecule has 0 aromatic heterocycles. The average Bonchev–Trinajstić information content (AvgIpc) is 2.82. The summed E-state index contributed by atoms with van der Waals surface area (Å²) in [6.45, 7) is 6.11. The molecule has 0 radical (unpaired) electrons. The first-order chi connectivity index (χ1) is 17.1. The van der Waals surface area contributed by atoms with Gasteiger partial charge in [-0.15, -0.1) is 11.8 Å². The number of amides is 2. The van der Waals surface area contributed by atoms with Gasteiger partial charge in [-0.05, 0) is 61.7 Å². The van der Waals surface area contributed by atoms with Gasteiger partial charge in [0.25, 0.3) is 0 Å². The van der Waals surface area contributed by atoms with Gasteiger partial charge in [-0.25, -0.2) is 4.39 Å². The molecule has 4 nitrogen and oxygen atoms in total. The number of hydrogen-bond donors (Lipinski definition) is 1. The highest BCUT2D eigenvalue weighted by Gasteiger charge is 2.32. The van der Waals surface area contributed by atoms with Crippen LogP contribution in [0.15, 0.2) is 83.3 Å². The number of rotatable bonds is 10. The Morgan fingerprint density at radius 3 is 2.25 bits per heavy atom. The number of benzene rings is 3. The Bertz CT molecular complexity index is 1150. The maximum atomic E-state index is 13.6. The van der Waals surface area contributed by atoms with Gasteiger partial charge in [0.2, 0.25) is 11.8 Å². The minimum Gasteiger partial charge on any atom is -0.350 e. The quantitative estimate of drug-likeness (QED) is 0.308. The molecule has 0 heterocycles. The van der Waals surface area contributed by atoms with Gasteiger partial charge < -0.3 is 10.2 Å². The molecule has 7 heteroatoms. The molecule has 1 atom stereocenters. The predicted molar refractivity (Wildman–Crippen MR) is 149 cm³/mol. The van der Waals surface area contributed by atoms with Gasteiger partial charge in [-0.3, -0.25) is 9.59 Å². The molecule has 0 bridgehead atoms. The molecule has 1 N–H and O–H groups in total. The molecule has 3 rings (SSSR count). The summed E-state index contributed by atoms with van der Waals surface area (Å²) in [5.74, 6) is 0.201. The highest BCUT2D eigenvalue weighted by Crippen LogP contribution is 2.21. The molecule has 0 unspecified atom stereocenters. The Kier molecular flexibility index (Phi) is 10.1. The lowest BCUT2D eigenvalue weighted by Crippen LogP contribution is -2.54. The SMILES string of the molecule is CC(C)(C)NC(=O)[C@H](Cc1ccccc1)N(Cc1cccc(Br)c1)C(=O)CSCc1ccc(F)cc1. The summed E-state index contributed by atoms with van der Waals surface area (Å²) >= 11 is 4.96. The van der Waals surface area contributed by atoms with Crippen molar-refractivity contribution in [3.8, 4) is 0 Å². The third-order valence-corrected chi connectivity index (χ3v) is 6.90. The summed E-state index contributed by atoms with van der Waals surface area (Å²) in [5, 5.41) is 3.07. The highest BCUT2D eigenvalue weighted by molar-refractivity contribution is 9.10. The summed E-state index contributed by atoms with van der Waals surface area (Å²) < 4.78 is 14.1. The number of carbonyl (C=O) groups is 2. The van der Waals surface area contributed by atoms with Crippen molar-refractivity contribution in [2.24, 2.45) is 0 Å². The van der Waals surface area contributed by atoms with Gasteiger partial charge in [-0.1, -0.05) is 70.5 Å². The number of halogens is 2. The van der Waals surface area contributed by atoms with E-state index in [1.54, 1.807) is 17.0 Å². The van der Waals surface area contributed by atoms with Crippen molar-refractivity contribution in [3.05, 3.63) is 106 Å².